The van der Waals surface area contributed by atoms with E-state index in [1.54, 1.807) is 7.11 Å². The first-order valence-electron chi connectivity index (χ1n) is 7.36. The summed E-state index contributed by atoms with van der Waals surface area (Å²) in [7, 11) is 3.75. The lowest BCUT2D eigenvalue weighted by molar-refractivity contribution is 0.139. The molecule has 0 bridgehead atoms. The van der Waals surface area contributed by atoms with Crippen molar-refractivity contribution in [1.29, 1.82) is 0 Å². The zero-order valence-corrected chi connectivity index (χ0v) is 13.4. The summed E-state index contributed by atoms with van der Waals surface area (Å²) in [5.74, 6) is 0.693. The number of halogens is 1. The molecule has 1 aromatic rings. The van der Waals surface area contributed by atoms with Crippen LogP contribution in [0, 0.1) is 5.92 Å². The molecule has 0 saturated carbocycles. The number of ether oxygens (including phenoxy) is 1. The largest absolute Gasteiger partial charge is 0.384 e. The van der Waals surface area contributed by atoms with E-state index in [2.05, 4.69) is 35.3 Å². The number of benzene rings is 1. The number of hydrogen-bond donors (Lipinski definition) is 1. The van der Waals surface area contributed by atoms with Crippen LogP contribution in [0.4, 0.5) is 5.69 Å². The number of nitrogens with one attached hydrogen (secondary N) is 1. The molecule has 0 aromatic heterocycles. The maximum absolute atomic E-state index is 6.47. The van der Waals surface area contributed by atoms with Gasteiger partial charge in [-0.2, -0.15) is 0 Å². The Kier molecular flexibility index (Phi) is 5.70. The van der Waals surface area contributed by atoms with Crippen molar-refractivity contribution in [2.24, 2.45) is 5.92 Å². The first kappa shape index (κ1) is 15.6. The second-order valence-electron chi connectivity index (χ2n) is 5.61. The molecule has 1 heterocycles. The van der Waals surface area contributed by atoms with E-state index >= 15 is 0 Å². The van der Waals surface area contributed by atoms with Gasteiger partial charge in [-0.15, -0.1) is 0 Å². The van der Waals surface area contributed by atoms with Gasteiger partial charge in [-0.3, -0.25) is 0 Å². The molecule has 20 heavy (non-hydrogen) atoms. The molecular formula is C16H25ClN2O. The van der Waals surface area contributed by atoms with E-state index in [4.69, 9.17) is 16.3 Å². The fraction of sp³-hybridized carbons (Fsp3) is 0.625. The monoisotopic (exact) mass is 296 g/mol. The van der Waals surface area contributed by atoms with Gasteiger partial charge in [-0.05, 0) is 50.4 Å². The Morgan fingerprint density at radius 3 is 2.65 bits per heavy atom. The second kappa shape index (κ2) is 7.30. The number of methoxy groups -OCH3 is 1. The topological polar surface area (TPSA) is 24.5 Å². The van der Waals surface area contributed by atoms with Gasteiger partial charge < -0.3 is 15.0 Å². The summed E-state index contributed by atoms with van der Waals surface area (Å²) in [6, 6.07) is 6.74. The first-order valence-corrected chi connectivity index (χ1v) is 7.74. The number of anilines is 1. The van der Waals surface area contributed by atoms with Crippen molar-refractivity contribution < 1.29 is 4.74 Å². The molecular weight excluding hydrogens is 272 g/mol. The van der Waals surface area contributed by atoms with E-state index in [-0.39, 0.29) is 0 Å². The molecule has 112 valence electrons. The molecule has 0 aliphatic carbocycles. The molecule has 1 unspecified atom stereocenters. The Morgan fingerprint density at radius 1 is 1.40 bits per heavy atom. The molecule has 1 N–H and O–H groups in total. The average molecular weight is 297 g/mol. The summed E-state index contributed by atoms with van der Waals surface area (Å²) in [6.07, 6.45) is 2.36. The van der Waals surface area contributed by atoms with Crippen molar-refractivity contribution in [1.82, 2.24) is 5.32 Å². The summed E-state index contributed by atoms with van der Waals surface area (Å²) in [5.41, 5.74) is 2.39. The van der Waals surface area contributed by atoms with Gasteiger partial charge in [0.2, 0.25) is 0 Å². The standard InChI is InChI=1S/C16H25ClN2O/c1-12(18-2)14-4-5-16(15(17)10-14)19-8-6-13(7-9-19)11-20-3/h4-5,10,12-13,18H,6-9,11H2,1-3H3. The molecule has 1 aliphatic rings. The quantitative estimate of drug-likeness (QED) is 0.900. The molecule has 1 atom stereocenters. The highest BCUT2D eigenvalue weighted by Crippen LogP contribution is 2.31. The second-order valence-corrected chi connectivity index (χ2v) is 6.01. The van der Waals surface area contributed by atoms with Crippen molar-refractivity contribution in [2.75, 3.05) is 38.8 Å². The zero-order valence-electron chi connectivity index (χ0n) is 12.7. The highest BCUT2D eigenvalue weighted by atomic mass is 35.5. The van der Waals surface area contributed by atoms with Crippen molar-refractivity contribution >= 4 is 17.3 Å². The molecule has 0 spiro atoms. The van der Waals surface area contributed by atoms with Crippen LogP contribution in [0.5, 0.6) is 0 Å². The summed E-state index contributed by atoms with van der Waals surface area (Å²) in [5, 5.41) is 4.10. The van der Waals surface area contributed by atoms with Gasteiger partial charge in [-0.1, -0.05) is 17.7 Å². The Hall–Kier alpha value is -0.770. The number of nitrogens with zero attached hydrogens (tertiary/aromatic N) is 1. The molecule has 4 heteroatoms. The van der Waals surface area contributed by atoms with Crippen molar-refractivity contribution in [2.45, 2.75) is 25.8 Å². The van der Waals surface area contributed by atoms with E-state index < -0.39 is 0 Å². The Labute approximate surface area is 127 Å². The van der Waals surface area contributed by atoms with E-state index in [0.29, 0.717) is 12.0 Å². The zero-order chi connectivity index (χ0) is 14.5. The summed E-state index contributed by atoms with van der Waals surface area (Å²) in [6.45, 7) is 5.14. The third-order valence-electron chi connectivity index (χ3n) is 4.26. The van der Waals surface area contributed by atoms with Crippen LogP contribution >= 0.6 is 11.6 Å². The Morgan fingerprint density at radius 2 is 2.10 bits per heavy atom. The van der Waals surface area contributed by atoms with Gasteiger partial charge >= 0.3 is 0 Å². The van der Waals surface area contributed by atoms with Crippen molar-refractivity contribution in [3.63, 3.8) is 0 Å². The summed E-state index contributed by atoms with van der Waals surface area (Å²) in [4.78, 5) is 2.39. The van der Waals surface area contributed by atoms with Gasteiger partial charge in [0.1, 0.15) is 0 Å². The van der Waals surface area contributed by atoms with Gasteiger partial charge in [0.05, 0.1) is 10.7 Å². The van der Waals surface area contributed by atoms with Gasteiger partial charge in [0, 0.05) is 32.8 Å². The maximum Gasteiger partial charge on any atom is 0.0642 e. The predicted molar refractivity (Wildman–Crippen MR) is 85.7 cm³/mol. The lowest BCUT2D eigenvalue weighted by Crippen LogP contribution is -2.35. The lowest BCUT2D eigenvalue weighted by Gasteiger charge is -2.34. The van der Waals surface area contributed by atoms with Crippen LogP contribution < -0.4 is 10.2 Å². The number of rotatable bonds is 5. The normalized spacial score (nSPS) is 18.3. The predicted octanol–water partition coefficient (Wildman–Crippen LogP) is 3.48. The lowest BCUT2D eigenvalue weighted by atomic mass is 9.97. The highest BCUT2D eigenvalue weighted by Gasteiger charge is 2.21. The maximum atomic E-state index is 6.47. The van der Waals surface area contributed by atoms with E-state index in [9.17, 15) is 0 Å². The Bertz CT molecular complexity index is 430. The van der Waals surface area contributed by atoms with Crippen LogP contribution in [-0.2, 0) is 4.74 Å². The third-order valence-corrected chi connectivity index (χ3v) is 4.57. The van der Waals surface area contributed by atoms with Crippen molar-refractivity contribution in [3.05, 3.63) is 28.8 Å². The SMILES string of the molecule is CNC(C)c1ccc(N2CCC(COC)CC2)c(Cl)c1. The first-order chi connectivity index (χ1) is 9.65. The van der Waals surface area contributed by atoms with Crippen LogP contribution in [0.15, 0.2) is 18.2 Å². The smallest absolute Gasteiger partial charge is 0.0642 e. The van der Waals surface area contributed by atoms with Crippen LogP contribution in [0.25, 0.3) is 0 Å². The van der Waals surface area contributed by atoms with Crippen molar-refractivity contribution in [3.8, 4) is 0 Å². The van der Waals surface area contributed by atoms with Crippen LogP contribution in [0.3, 0.4) is 0 Å². The third kappa shape index (κ3) is 3.66. The minimum Gasteiger partial charge on any atom is -0.384 e. The van der Waals surface area contributed by atoms with E-state index in [1.165, 1.54) is 18.4 Å². The molecule has 1 aliphatic heterocycles. The van der Waals surface area contributed by atoms with Crippen LogP contribution in [-0.4, -0.2) is 33.9 Å². The molecule has 0 amide bonds. The molecule has 2 rings (SSSR count). The van der Waals surface area contributed by atoms with Gasteiger partial charge in [-0.25, -0.2) is 0 Å². The fourth-order valence-corrected chi connectivity index (χ4v) is 3.10. The summed E-state index contributed by atoms with van der Waals surface area (Å²) >= 11 is 6.47. The molecule has 1 saturated heterocycles. The average Bonchev–Trinajstić information content (AvgIpc) is 2.47. The summed E-state index contributed by atoms with van der Waals surface area (Å²) < 4.78 is 5.25. The number of hydrogen-bond acceptors (Lipinski definition) is 3. The fourth-order valence-electron chi connectivity index (χ4n) is 2.79. The van der Waals surface area contributed by atoms with Gasteiger partial charge in [0.15, 0.2) is 0 Å². The molecule has 0 radical (unpaired) electrons. The Balaban J connectivity index is 2.03. The van der Waals surface area contributed by atoms with E-state index in [0.717, 1.165) is 30.4 Å². The van der Waals surface area contributed by atoms with Crippen LogP contribution in [0.2, 0.25) is 5.02 Å². The van der Waals surface area contributed by atoms with E-state index in [1.807, 2.05) is 7.05 Å². The van der Waals surface area contributed by atoms with Crippen LogP contribution in [0.1, 0.15) is 31.4 Å². The van der Waals surface area contributed by atoms with Gasteiger partial charge in [0.25, 0.3) is 0 Å². The molecule has 1 aromatic carbocycles. The molecule has 1 fully saturated rings. The number of piperidine rings is 1. The highest BCUT2D eigenvalue weighted by molar-refractivity contribution is 6.33. The minimum atomic E-state index is 0.328. The minimum absolute atomic E-state index is 0.328. The molecule has 3 nitrogen and oxygen atoms in total.